The molecule has 7 heteroatoms. The van der Waals surface area contributed by atoms with E-state index in [-0.39, 0.29) is 47.9 Å². The molecule has 158 valence electrons. The minimum Gasteiger partial charge on any atom is -0.324 e. The molecule has 4 aliphatic rings. The van der Waals surface area contributed by atoms with Gasteiger partial charge in [-0.25, -0.2) is 0 Å². The van der Waals surface area contributed by atoms with Gasteiger partial charge in [-0.05, 0) is 42.4 Å². The second-order valence-corrected chi connectivity index (χ2v) is 10.1. The smallest absolute Gasteiger partial charge is 0.244 e. The van der Waals surface area contributed by atoms with Crippen LogP contribution in [0.5, 0.6) is 0 Å². The number of hydrogen-bond acceptors (Lipinski definition) is 5. The molecule has 1 N–H and O–H groups in total. The first kappa shape index (κ1) is 19.8. The first-order chi connectivity index (χ1) is 14.5. The molecule has 4 unspecified atom stereocenters. The fraction of sp³-hybridized carbons (Fsp3) is 0.522. The summed E-state index contributed by atoms with van der Waals surface area (Å²) in [5, 5.41) is 2.90. The van der Waals surface area contributed by atoms with Crippen molar-refractivity contribution in [1.82, 2.24) is 9.80 Å². The highest BCUT2D eigenvalue weighted by Gasteiger charge is 2.59. The van der Waals surface area contributed by atoms with Gasteiger partial charge in [-0.2, -0.15) is 11.8 Å². The molecule has 3 fully saturated rings. The monoisotopic (exact) mass is 425 g/mol. The summed E-state index contributed by atoms with van der Waals surface area (Å²) in [5.41, 5.74) is 2.96. The van der Waals surface area contributed by atoms with Crippen molar-refractivity contribution in [3.63, 3.8) is 0 Å². The number of likely N-dealkylation sites (tertiary alicyclic amines) is 1. The predicted octanol–water partition coefficient (Wildman–Crippen LogP) is 2.29. The summed E-state index contributed by atoms with van der Waals surface area (Å²) >= 11 is 2.00. The molecule has 30 heavy (non-hydrogen) atoms. The molecule has 4 atom stereocenters. The first-order valence-corrected chi connectivity index (χ1v) is 11.9. The number of allylic oxidation sites excluding steroid dienone is 2. The van der Waals surface area contributed by atoms with Crippen LogP contribution in [-0.4, -0.2) is 58.7 Å². The summed E-state index contributed by atoms with van der Waals surface area (Å²) in [6.07, 6.45) is 5.02. The average molecular weight is 426 g/mol. The number of carbonyl (C=O) groups excluding carboxylic acids is 3. The first-order valence-electron chi connectivity index (χ1n) is 10.7. The molecule has 3 amide bonds. The minimum absolute atomic E-state index is 0.165. The molecule has 0 radical (unpaired) electrons. The summed E-state index contributed by atoms with van der Waals surface area (Å²) in [6, 6.07) is 6.08. The second kappa shape index (κ2) is 7.85. The Labute approximate surface area is 181 Å². The molecule has 2 saturated heterocycles. The molecule has 1 saturated carbocycles. The maximum absolute atomic E-state index is 12.8. The highest BCUT2D eigenvalue weighted by molar-refractivity contribution is 7.99. The van der Waals surface area contributed by atoms with Crippen LogP contribution >= 0.6 is 11.8 Å². The van der Waals surface area contributed by atoms with Crippen molar-refractivity contribution in [2.75, 3.05) is 36.5 Å². The molecule has 2 aliphatic carbocycles. The van der Waals surface area contributed by atoms with Crippen molar-refractivity contribution in [3.05, 3.63) is 41.5 Å². The Bertz CT molecular complexity index is 894. The number of amides is 3. The number of nitrogens with zero attached hydrogens (tertiary/aromatic N) is 2. The Hall–Kier alpha value is -2.12. The van der Waals surface area contributed by atoms with Gasteiger partial charge in [-0.1, -0.05) is 24.3 Å². The van der Waals surface area contributed by atoms with Gasteiger partial charge in [0.1, 0.15) is 6.54 Å². The molecule has 2 bridgehead atoms. The van der Waals surface area contributed by atoms with Gasteiger partial charge in [-0.15, -0.1) is 0 Å². The predicted molar refractivity (Wildman–Crippen MR) is 117 cm³/mol. The normalized spacial score (nSPS) is 30.2. The number of fused-ring (bicyclic) bond motifs is 5. The van der Waals surface area contributed by atoms with Crippen molar-refractivity contribution >= 4 is 35.2 Å². The van der Waals surface area contributed by atoms with Crippen LogP contribution in [0.3, 0.4) is 0 Å². The van der Waals surface area contributed by atoms with Crippen molar-refractivity contribution in [2.24, 2.45) is 23.7 Å². The van der Waals surface area contributed by atoms with E-state index in [0.717, 1.165) is 37.3 Å². The number of carbonyl (C=O) groups is 3. The van der Waals surface area contributed by atoms with Crippen LogP contribution in [0.2, 0.25) is 0 Å². The lowest BCUT2D eigenvalue weighted by Crippen LogP contribution is -2.39. The summed E-state index contributed by atoms with van der Waals surface area (Å²) < 4.78 is 0. The third-order valence-electron chi connectivity index (χ3n) is 6.94. The standard InChI is InChI=1S/C23H27N3O3S/c1-14-10-15(12-25-6-8-30-9-7-25)2-5-18(14)24-19(27)13-26-22(28)20-16-3-4-17(11-16)21(20)23(26)29/h2-5,10,16-17,20-21H,6-9,11-13H2,1H3,(H,24,27). The number of anilines is 1. The van der Waals surface area contributed by atoms with Gasteiger partial charge in [0.2, 0.25) is 17.7 Å². The van der Waals surface area contributed by atoms with E-state index in [1.54, 1.807) is 0 Å². The minimum atomic E-state index is -0.319. The lowest BCUT2D eigenvalue weighted by molar-refractivity contribution is -0.143. The fourth-order valence-corrected chi connectivity index (χ4v) is 6.41. The zero-order chi connectivity index (χ0) is 20.8. The van der Waals surface area contributed by atoms with E-state index in [1.807, 2.05) is 30.8 Å². The summed E-state index contributed by atoms with van der Waals surface area (Å²) in [5.74, 6) is 1.51. The van der Waals surface area contributed by atoms with Gasteiger partial charge in [0.05, 0.1) is 11.8 Å². The maximum atomic E-state index is 12.8. The van der Waals surface area contributed by atoms with Gasteiger partial charge in [0.25, 0.3) is 0 Å². The van der Waals surface area contributed by atoms with Crippen LogP contribution in [-0.2, 0) is 20.9 Å². The molecular formula is C23H27N3O3S. The van der Waals surface area contributed by atoms with E-state index in [4.69, 9.17) is 0 Å². The molecule has 2 aliphatic heterocycles. The molecule has 0 spiro atoms. The Kier molecular flexibility index (Phi) is 5.19. The molecule has 0 aromatic heterocycles. The van der Waals surface area contributed by atoms with Crippen molar-refractivity contribution in [2.45, 2.75) is 19.9 Å². The van der Waals surface area contributed by atoms with Crippen LogP contribution in [0, 0.1) is 30.6 Å². The summed E-state index contributed by atoms with van der Waals surface area (Å²) in [6.45, 7) is 4.92. The number of rotatable bonds is 5. The number of nitrogens with one attached hydrogen (secondary N) is 1. The van der Waals surface area contributed by atoms with Crippen LogP contribution in [0.15, 0.2) is 30.4 Å². The zero-order valence-corrected chi connectivity index (χ0v) is 18.0. The fourth-order valence-electron chi connectivity index (χ4n) is 5.44. The van der Waals surface area contributed by atoms with Gasteiger partial charge < -0.3 is 5.32 Å². The molecule has 1 aromatic carbocycles. The van der Waals surface area contributed by atoms with Gasteiger partial charge in [-0.3, -0.25) is 24.2 Å². The van der Waals surface area contributed by atoms with E-state index in [0.29, 0.717) is 0 Å². The average Bonchev–Trinajstić information content (AvgIpc) is 3.41. The Morgan fingerprint density at radius 3 is 2.40 bits per heavy atom. The Morgan fingerprint density at radius 2 is 1.77 bits per heavy atom. The van der Waals surface area contributed by atoms with Crippen molar-refractivity contribution < 1.29 is 14.4 Å². The van der Waals surface area contributed by atoms with Crippen LogP contribution < -0.4 is 5.32 Å². The van der Waals surface area contributed by atoms with Crippen LogP contribution in [0.4, 0.5) is 5.69 Å². The lowest BCUT2D eigenvalue weighted by Gasteiger charge is -2.26. The number of aryl methyl sites for hydroxylation is 1. The van der Waals surface area contributed by atoms with Gasteiger partial charge >= 0.3 is 0 Å². The van der Waals surface area contributed by atoms with E-state index in [1.165, 1.54) is 22.0 Å². The van der Waals surface area contributed by atoms with E-state index >= 15 is 0 Å². The number of hydrogen-bond donors (Lipinski definition) is 1. The quantitative estimate of drug-likeness (QED) is 0.579. The summed E-state index contributed by atoms with van der Waals surface area (Å²) in [7, 11) is 0. The number of thioether (sulfide) groups is 1. The van der Waals surface area contributed by atoms with Crippen LogP contribution in [0.25, 0.3) is 0 Å². The van der Waals surface area contributed by atoms with E-state index < -0.39 is 0 Å². The molecular weight excluding hydrogens is 398 g/mol. The topological polar surface area (TPSA) is 69.7 Å². The van der Waals surface area contributed by atoms with Gasteiger partial charge in [0, 0.05) is 36.8 Å². The summed E-state index contributed by atoms with van der Waals surface area (Å²) in [4.78, 5) is 41.8. The highest BCUT2D eigenvalue weighted by Crippen LogP contribution is 2.52. The van der Waals surface area contributed by atoms with E-state index in [9.17, 15) is 14.4 Å². The number of imide groups is 1. The number of benzene rings is 1. The van der Waals surface area contributed by atoms with Crippen molar-refractivity contribution in [3.8, 4) is 0 Å². The zero-order valence-electron chi connectivity index (χ0n) is 17.2. The Morgan fingerprint density at radius 1 is 1.10 bits per heavy atom. The largest absolute Gasteiger partial charge is 0.324 e. The third kappa shape index (κ3) is 3.48. The van der Waals surface area contributed by atoms with Crippen molar-refractivity contribution in [1.29, 1.82) is 0 Å². The maximum Gasteiger partial charge on any atom is 0.244 e. The molecule has 1 aromatic rings. The SMILES string of the molecule is Cc1cc(CN2CCSCC2)ccc1NC(=O)CN1C(=O)C2C3C=CC(C3)C2C1=O. The molecule has 2 heterocycles. The van der Waals surface area contributed by atoms with Gasteiger partial charge in [0.15, 0.2) is 0 Å². The Balaban J connectivity index is 1.21. The third-order valence-corrected chi connectivity index (χ3v) is 7.88. The molecule has 6 nitrogen and oxygen atoms in total. The highest BCUT2D eigenvalue weighted by atomic mass is 32.2. The van der Waals surface area contributed by atoms with E-state index in [2.05, 4.69) is 28.4 Å². The lowest BCUT2D eigenvalue weighted by atomic mass is 9.85. The second-order valence-electron chi connectivity index (χ2n) is 8.85. The molecule has 5 rings (SSSR count). The van der Waals surface area contributed by atoms with Crippen LogP contribution in [0.1, 0.15) is 17.5 Å².